The molecule has 11 nitrogen and oxygen atoms in total. The Morgan fingerprint density at radius 3 is 2.31 bits per heavy atom. The maximum Gasteiger partial charge on any atom is 0.491 e. The summed E-state index contributed by atoms with van der Waals surface area (Å²) in [6.45, 7) is 5.54. The summed E-state index contributed by atoms with van der Waals surface area (Å²) in [5.74, 6) is -6.37. The van der Waals surface area contributed by atoms with Crippen molar-refractivity contribution in [3.63, 3.8) is 0 Å². The lowest BCUT2D eigenvalue weighted by Gasteiger charge is -2.32. The number of nitrogens with two attached hydrogens (primary N) is 1. The normalized spacial score (nSPS) is 12.6. The first-order valence-electron chi connectivity index (χ1n) is 13.7. The van der Waals surface area contributed by atoms with E-state index in [4.69, 9.17) is 11.1 Å². The number of carbonyl (C=O) groups excluding carboxylic acids is 4. The second kappa shape index (κ2) is 15.1. The maximum atomic E-state index is 13.7. The number of carbonyl (C=O) groups is 4. The molecule has 0 fully saturated rings. The number of ether oxygens (including phenoxy) is 1. The van der Waals surface area contributed by atoms with E-state index in [2.05, 4.69) is 15.4 Å². The number of halogens is 3. The van der Waals surface area contributed by atoms with Crippen molar-refractivity contribution in [1.29, 1.82) is 5.41 Å². The van der Waals surface area contributed by atoms with E-state index in [1.165, 1.54) is 43.8 Å². The van der Waals surface area contributed by atoms with E-state index in [9.17, 15) is 40.8 Å². The van der Waals surface area contributed by atoms with Gasteiger partial charge in [0.2, 0.25) is 21.7 Å². The smallest absolute Gasteiger partial charge is 0.385 e. The number of alkyl halides is 3. The molecule has 18 heteroatoms. The van der Waals surface area contributed by atoms with E-state index in [1.807, 2.05) is 0 Å². The average molecular weight is 745 g/mol. The monoisotopic (exact) mass is 744 g/mol. The van der Waals surface area contributed by atoms with Crippen LogP contribution in [0.3, 0.4) is 0 Å². The van der Waals surface area contributed by atoms with E-state index >= 15 is 0 Å². The number of thiophene rings is 1. The second-order valence-electron chi connectivity index (χ2n) is 10.7. The lowest BCUT2D eigenvalue weighted by Crippen LogP contribution is -2.54. The number of amides is 2. The zero-order valence-corrected chi connectivity index (χ0v) is 29.4. The van der Waals surface area contributed by atoms with Gasteiger partial charge in [0.15, 0.2) is 0 Å². The molecule has 1 aromatic heterocycles. The number of rotatable bonds is 12. The van der Waals surface area contributed by atoms with Crippen LogP contribution in [0.15, 0.2) is 62.5 Å². The van der Waals surface area contributed by atoms with E-state index in [1.54, 1.807) is 43.5 Å². The number of aryl methyl sites for hydroxylation is 1. The van der Waals surface area contributed by atoms with Gasteiger partial charge in [0.25, 0.3) is 0 Å². The number of hydrogen-bond donors (Lipinski definition) is 4. The number of sulfone groups is 1. The molecule has 1 unspecified atom stereocenters. The standard InChI is InChI=1S/C30H31F3N4O7S4/c1-15-8-6-11-19(37-22(39)14-46-29(3,4)24(36-16(2)38)26(40)44-28(41)30(31,32)33)23(15)17-9-7-10-18(12-17)48(42,43)21-13-20(25(34)35)47-27(21)45-5/h6-13,24H,14H2,1-5H3,(H3,34,35)(H,36,38)(H,37,39). The third kappa shape index (κ3) is 9.18. The molecular weight excluding hydrogens is 714 g/mol. The van der Waals surface area contributed by atoms with Gasteiger partial charge in [-0.05, 0) is 62.4 Å². The summed E-state index contributed by atoms with van der Waals surface area (Å²) in [6, 6.07) is 10.8. The molecule has 258 valence electrons. The molecule has 48 heavy (non-hydrogen) atoms. The van der Waals surface area contributed by atoms with Gasteiger partial charge in [0.05, 0.1) is 24.6 Å². The van der Waals surface area contributed by atoms with Gasteiger partial charge in [-0.25, -0.2) is 18.0 Å². The van der Waals surface area contributed by atoms with Crippen LogP contribution < -0.4 is 16.4 Å². The highest BCUT2D eigenvalue weighted by Crippen LogP contribution is 2.39. The number of amidine groups is 1. The minimum Gasteiger partial charge on any atom is -0.385 e. The third-order valence-corrected chi connectivity index (χ3v) is 12.4. The summed E-state index contributed by atoms with van der Waals surface area (Å²) in [5.41, 5.74) is 7.59. The van der Waals surface area contributed by atoms with Gasteiger partial charge in [-0.1, -0.05) is 24.3 Å². The summed E-state index contributed by atoms with van der Waals surface area (Å²) in [6.07, 6.45) is -3.73. The number of esters is 2. The van der Waals surface area contributed by atoms with Crippen molar-refractivity contribution >= 4 is 80.0 Å². The first kappa shape index (κ1) is 38.6. The Morgan fingerprint density at radius 1 is 1.08 bits per heavy atom. The van der Waals surface area contributed by atoms with Crippen molar-refractivity contribution in [2.75, 3.05) is 17.3 Å². The molecule has 0 aliphatic carbocycles. The molecule has 1 heterocycles. The second-order valence-corrected chi connectivity index (χ2v) is 16.4. The maximum absolute atomic E-state index is 13.7. The topological polar surface area (TPSA) is 186 Å². The first-order chi connectivity index (χ1) is 22.2. The Bertz CT molecular complexity index is 1880. The van der Waals surface area contributed by atoms with Crippen molar-refractivity contribution in [3.05, 3.63) is 59.0 Å². The fourth-order valence-corrected chi connectivity index (χ4v) is 9.17. The summed E-state index contributed by atoms with van der Waals surface area (Å²) >= 11 is 3.12. The lowest BCUT2D eigenvalue weighted by atomic mass is 9.98. The predicted octanol–water partition coefficient (Wildman–Crippen LogP) is 5.15. The highest BCUT2D eigenvalue weighted by atomic mass is 32.2. The molecule has 0 aliphatic rings. The van der Waals surface area contributed by atoms with Gasteiger partial charge < -0.3 is 21.1 Å². The van der Waals surface area contributed by atoms with Crippen LogP contribution in [0.4, 0.5) is 18.9 Å². The van der Waals surface area contributed by atoms with Crippen molar-refractivity contribution in [2.45, 2.75) is 58.7 Å². The summed E-state index contributed by atoms with van der Waals surface area (Å²) in [4.78, 5) is 48.9. The Balaban J connectivity index is 1.88. The molecule has 2 aromatic carbocycles. The van der Waals surface area contributed by atoms with Gasteiger partial charge in [-0.15, -0.1) is 34.9 Å². The molecule has 0 radical (unpaired) electrons. The fraction of sp³-hybridized carbons (Fsp3) is 0.300. The highest BCUT2D eigenvalue weighted by molar-refractivity contribution is 8.01. The molecule has 0 saturated heterocycles. The molecule has 1 atom stereocenters. The number of hydrogen-bond acceptors (Lipinski definition) is 11. The molecule has 0 aliphatic heterocycles. The third-order valence-electron chi connectivity index (χ3n) is 6.66. The predicted molar refractivity (Wildman–Crippen MR) is 179 cm³/mol. The van der Waals surface area contributed by atoms with Crippen molar-refractivity contribution in [2.24, 2.45) is 5.73 Å². The molecule has 0 bridgehead atoms. The first-order valence-corrected chi connectivity index (χ1v) is 18.2. The van der Waals surface area contributed by atoms with Crippen molar-refractivity contribution in [3.8, 4) is 11.1 Å². The average Bonchev–Trinajstić information content (AvgIpc) is 3.44. The molecule has 0 spiro atoms. The summed E-state index contributed by atoms with van der Waals surface area (Å²) in [5, 5.41) is 12.6. The molecule has 2 amide bonds. The van der Waals surface area contributed by atoms with Crippen LogP contribution in [0.25, 0.3) is 11.1 Å². The summed E-state index contributed by atoms with van der Waals surface area (Å²) < 4.78 is 68.4. The van der Waals surface area contributed by atoms with E-state index in [0.29, 0.717) is 31.5 Å². The lowest BCUT2D eigenvalue weighted by molar-refractivity contribution is -0.202. The zero-order valence-electron chi connectivity index (χ0n) is 26.1. The number of benzene rings is 2. The van der Waals surface area contributed by atoms with Crippen LogP contribution >= 0.6 is 34.9 Å². The van der Waals surface area contributed by atoms with Crippen LogP contribution in [-0.4, -0.2) is 67.0 Å². The summed E-state index contributed by atoms with van der Waals surface area (Å²) in [7, 11) is -4.04. The molecule has 3 rings (SSSR count). The van der Waals surface area contributed by atoms with Crippen LogP contribution in [0.1, 0.15) is 31.2 Å². The number of thioether (sulfide) groups is 2. The van der Waals surface area contributed by atoms with Crippen LogP contribution in [0.5, 0.6) is 0 Å². The Hall–Kier alpha value is -3.87. The van der Waals surface area contributed by atoms with Gasteiger partial charge in [-0.3, -0.25) is 15.0 Å². The van der Waals surface area contributed by atoms with E-state index in [0.717, 1.165) is 30.0 Å². The SMILES string of the molecule is CSc1sc(C(=N)N)cc1S(=O)(=O)c1cccc(-c2c(C)cccc2NC(=O)CSC(C)(C)C(NC(C)=O)C(=O)OC(=O)C(F)(F)F)c1. The molecule has 5 N–H and O–H groups in total. The van der Waals surface area contributed by atoms with Gasteiger partial charge in [0, 0.05) is 22.9 Å². The Labute approximate surface area is 287 Å². The molecule has 0 saturated carbocycles. The van der Waals surface area contributed by atoms with Crippen molar-refractivity contribution < 1.29 is 45.5 Å². The number of nitrogens with one attached hydrogen (secondary N) is 3. The minimum absolute atomic E-state index is 0.0181. The van der Waals surface area contributed by atoms with Crippen LogP contribution in [-0.2, 0) is 33.8 Å². The zero-order chi connectivity index (χ0) is 36.2. The van der Waals surface area contributed by atoms with Crippen LogP contribution in [0, 0.1) is 12.3 Å². The van der Waals surface area contributed by atoms with Gasteiger partial charge in [0.1, 0.15) is 11.9 Å². The number of nitrogen functional groups attached to an aromatic ring is 1. The highest BCUT2D eigenvalue weighted by Gasteiger charge is 2.46. The quantitative estimate of drug-likeness (QED) is 0.0636. The van der Waals surface area contributed by atoms with Gasteiger partial charge in [-0.2, -0.15) is 13.2 Å². The molecule has 3 aromatic rings. The number of anilines is 1. The molecular formula is C30H31F3N4O7S4. The van der Waals surface area contributed by atoms with Crippen LogP contribution in [0.2, 0.25) is 0 Å². The van der Waals surface area contributed by atoms with Crippen molar-refractivity contribution in [1.82, 2.24) is 5.32 Å². The fourth-order valence-electron chi connectivity index (χ4n) is 4.37. The Morgan fingerprint density at radius 2 is 1.73 bits per heavy atom. The van der Waals surface area contributed by atoms with E-state index < -0.39 is 50.6 Å². The Kier molecular flexibility index (Phi) is 12.2. The van der Waals surface area contributed by atoms with Gasteiger partial charge >= 0.3 is 18.1 Å². The largest absolute Gasteiger partial charge is 0.491 e. The van der Waals surface area contributed by atoms with E-state index in [-0.39, 0.29) is 21.4 Å². The minimum atomic E-state index is -5.44.